The topological polar surface area (TPSA) is 27.7 Å². The minimum Gasteiger partial charge on any atom is -0.492 e. The van der Waals surface area contributed by atoms with Gasteiger partial charge in [-0.25, -0.2) is 0 Å². The Labute approximate surface area is 123 Å². The third-order valence-electron chi connectivity index (χ3n) is 2.75. The van der Waals surface area contributed by atoms with E-state index in [4.69, 9.17) is 14.2 Å². The van der Waals surface area contributed by atoms with Crippen molar-refractivity contribution in [3.63, 3.8) is 0 Å². The quantitative estimate of drug-likeness (QED) is 0.772. The van der Waals surface area contributed by atoms with Gasteiger partial charge in [-0.1, -0.05) is 6.92 Å². The van der Waals surface area contributed by atoms with Crippen LogP contribution in [0, 0.1) is 17.8 Å². The molecule has 0 N–H and O–H groups in total. The Morgan fingerprint density at radius 1 is 1.11 bits per heavy atom. The first-order chi connectivity index (χ1) is 9.08. The van der Waals surface area contributed by atoms with E-state index in [2.05, 4.69) is 34.7 Å². The molecule has 4 heteroatoms. The van der Waals surface area contributed by atoms with Crippen molar-refractivity contribution in [2.45, 2.75) is 20.3 Å². The molecule has 0 aromatic heterocycles. The zero-order valence-corrected chi connectivity index (χ0v) is 13.6. The predicted molar refractivity (Wildman–Crippen MR) is 80.1 cm³/mol. The van der Waals surface area contributed by atoms with Crippen LogP contribution in [0.25, 0.3) is 0 Å². The second kappa shape index (κ2) is 7.30. The maximum absolute atomic E-state index is 5.47. The van der Waals surface area contributed by atoms with Crippen LogP contribution in [0.15, 0.2) is 10.5 Å². The van der Waals surface area contributed by atoms with E-state index in [0.29, 0.717) is 17.2 Å². The molecule has 1 rings (SSSR count). The lowest BCUT2D eigenvalue weighted by Crippen LogP contribution is -2.03. The Morgan fingerprint density at radius 2 is 1.68 bits per heavy atom. The molecule has 3 nitrogen and oxygen atoms in total. The number of hydrogen-bond donors (Lipinski definition) is 0. The van der Waals surface area contributed by atoms with Gasteiger partial charge in [0.1, 0.15) is 0 Å². The molecule has 0 aliphatic heterocycles. The molecule has 1 aromatic carbocycles. The first kappa shape index (κ1) is 15.7. The van der Waals surface area contributed by atoms with E-state index in [1.807, 2.05) is 13.0 Å². The van der Waals surface area contributed by atoms with E-state index >= 15 is 0 Å². The highest BCUT2D eigenvalue weighted by Gasteiger charge is 2.20. The van der Waals surface area contributed by atoms with Gasteiger partial charge in [-0.15, -0.1) is 11.8 Å². The monoisotopic (exact) mass is 326 g/mol. The van der Waals surface area contributed by atoms with Crippen LogP contribution in [0.3, 0.4) is 0 Å². The summed E-state index contributed by atoms with van der Waals surface area (Å²) < 4.78 is 17.1. The molecule has 0 bridgehead atoms. The third-order valence-corrected chi connectivity index (χ3v) is 3.34. The fraction of sp³-hybridized carbons (Fsp3) is 0.467. The average molecular weight is 327 g/mol. The Kier molecular flexibility index (Phi) is 6.04. The summed E-state index contributed by atoms with van der Waals surface area (Å²) >= 11 is 3.49. The molecule has 1 aromatic rings. The van der Waals surface area contributed by atoms with Gasteiger partial charge in [-0.05, 0) is 35.3 Å². The third kappa shape index (κ3) is 3.57. The molecule has 1 unspecified atom stereocenters. The fourth-order valence-electron chi connectivity index (χ4n) is 2.02. The van der Waals surface area contributed by atoms with Gasteiger partial charge in [0, 0.05) is 11.5 Å². The summed E-state index contributed by atoms with van der Waals surface area (Å²) in [5.41, 5.74) is 1.04. The second-order valence-electron chi connectivity index (χ2n) is 4.12. The second-order valence-corrected chi connectivity index (χ2v) is 4.97. The van der Waals surface area contributed by atoms with Crippen molar-refractivity contribution in [3.8, 4) is 29.1 Å². The molecule has 0 fully saturated rings. The van der Waals surface area contributed by atoms with E-state index in [-0.39, 0.29) is 5.92 Å². The molecule has 0 saturated heterocycles. The molecule has 0 spiro atoms. The molecule has 0 saturated carbocycles. The van der Waals surface area contributed by atoms with Gasteiger partial charge in [0.05, 0.1) is 25.8 Å². The summed E-state index contributed by atoms with van der Waals surface area (Å²) in [6, 6.07) is 1.99. The molecule has 0 radical (unpaired) electrons. The molecular formula is C15H19BrO3. The number of methoxy groups -OCH3 is 3. The van der Waals surface area contributed by atoms with Crippen molar-refractivity contribution in [3.05, 3.63) is 16.1 Å². The number of ether oxygens (including phenoxy) is 3. The van der Waals surface area contributed by atoms with Crippen LogP contribution < -0.4 is 14.2 Å². The molecule has 0 aliphatic carbocycles. The number of benzene rings is 1. The van der Waals surface area contributed by atoms with Gasteiger partial charge >= 0.3 is 0 Å². The predicted octanol–water partition coefficient (Wildman–Crippen LogP) is 3.68. The van der Waals surface area contributed by atoms with Crippen molar-refractivity contribution in [1.82, 2.24) is 0 Å². The number of hydrogen-bond acceptors (Lipinski definition) is 3. The Bertz CT molecular complexity index is 500. The van der Waals surface area contributed by atoms with Crippen LogP contribution in [-0.2, 0) is 6.42 Å². The highest BCUT2D eigenvalue weighted by molar-refractivity contribution is 9.10. The molecule has 0 aliphatic rings. The van der Waals surface area contributed by atoms with E-state index in [9.17, 15) is 0 Å². The molecular weight excluding hydrogens is 308 g/mol. The maximum Gasteiger partial charge on any atom is 0.204 e. The summed E-state index contributed by atoms with van der Waals surface area (Å²) in [4.78, 5) is 0. The van der Waals surface area contributed by atoms with Crippen LogP contribution in [0.4, 0.5) is 0 Å². The summed E-state index contributed by atoms with van der Waals surface area (Å²) in [6.07, 6.45) is 0.795. The Hall–Kier alpha value is -1.34. The van der Waals surface area contributed by atoms with Gasteiger partial charge in [0.15, 0.2) is 11.5 Å². The molecule has 19 heavy (non-hydrogen) atoms. The minimum atomic E-state index is 0.254. The first-order valence-corrected chi connectivity index (χ1v) is 6.77. The number of rotatable bonds is 5. The van der Waals surface area contributed by atoms with Crippen molar-refractivity contribution in [2.24, 2.45) is 5.92 Å². The van der Waals surface area contributed by atoms with Crippen LogP contribution in [-0.4, -0.2) is 21.3 Å². The summed E-state index contributed by atoms with van der Waals surface area (Å²) in [5.74, 6) is 8.26. The SMILES string of the molecule is CC#CC(C)Cc1cc(Br)c(OC)c(OC)c1OC. The lowest BCUT2D eigenvalue weighted by molar-refractivity contribution is 0.320. The molecule has 0 amide bonds. The van der Waals surface area contributed by atoms with E-state index in [1.54, 1.807) is 21.3 Å². The van der Waals surface area contributed by atoms with Crippen molar-refractivity contribution < 1.29 is 14.2 Å². The van der Waals surface area contributed by atoms with Crippen molar-refractivity contribution in [1.29, 1.82) is 0 Å². The summed E-state index contributed by atoms with van der Waals surface area (Å²) in [7, 11) is 4.84. The zero-order valence-electron chi connectivity index (χ0n) is 12.0. The summed E-state index contributed by atoms with van der Waals surface area (Å²) in [5, 5.41) is 0. The molecule has 0 heterocycles. The largest absolute Gasteiger partial charge is 0.492 e. The normalized spacial score (nSPS) is 11.3. The van der Waals surface area contributed by atoms with E-state index < -0.39 is 0 Å². The lowest BCUT2D eigenvalue weighted by Gasteiger charge is -2.18. The lowest BCUT2D eigenvalue weighted by atomic mass is 10.00. The van der Waals surface area contributed by atoms with Crippen molar-refractivity contribution >= 4 is 15.9 Å². The smallest absolute Gasteiger partial charge is 0.204 e. The van der Waals surface area contributed by atoms with Gasteiger partial charge in [0.2, 0.25) is 5.75 Å². The highest BCUT2D eigenvalue weighted by atomic mass is 79.9. The standard InChI is InChI=1S/C15H19BrO3/c1-6-7-10(2)8-11-9-12(16)14(18-4)15(19-5)13(11)17-3/h9-10H,8H2,1-5H3. The Morgan fingerprint density at radius 3 is 2.16 bits per heavy atom. The van der Waals surface area contributed by atoms with Gasteiger partial charge in [-0.3, -0.25) is 0 Å². The average Bonchev–Trinajstić information content (AvgIpc) is 2.38. The maximum atomic E-state index is 5.47. The Balaban J connectivity index is 3.30. The fourth-order valence-corrected chi connectivity index (χ4v) is 2.64. The van der Waals surface area contributed by atoms with Gasteiger partial charge in [-0.2, -0.15) is 0 Å². The van der Waals surface area contributed by atoms with E-state index in [0.717, 1.165) is 16.5 Å². The van der Waals surface area contributed by atoms with E-state index in [1.165, 1.54) is 0 Å². The number of halogens is 1. The van der Waals surface area contributed by atoms with Gasteiger partial charge in [0.25, 0.3) is 0 Å². The van der Waals surface area contributed by atoms with Crippen LogP contribution >= 0.6 is 15.9 Å². The highest BCUT2D eigenvalue weighted by Crippen LogP contribution is 2.45. The van der Waals surface area contributed by atoms with Gasteiger partial charge < -0.3 is 14.2 Å². The van der Waals surface area contributed by atoms with Crippen LogP contribution in [0.2, 0.25) is 0 Å². The zero-order chi connectivity index (χ0) is 14.4. The van der Waals surface area contributed by atoms with Crippen LogP contribution in [0.1, 0.15) is 19.4 Å². The first-order valence-electron chi connectivity index (χ1n) is 5.98. The minimum absolute atomic E-state index is 0.254. The van der Waals surface area contributed by atoms with Crippen molar-refractivity contribution in [2.75, 3.05) is 21.3 Å². The molecule has 104 valence electrons. The van der Waals surface area contributed by atoms with Crippen LogP contribution in [0.5, 0.6) is 17.2 Å². The summed E-state index contributed by atoms with van der Waals surface area (Å²) in [6.45, 7) is 3.93. The molecule has 1 atom stereocenters.